The summed E-state index contributed by atoms with van der Waals surface area (Å²) in [5, 5.41) is 3.59. The molecule has 0 saturated heterocycles. The third-order valence-electron chi connectivity index (χ3n) is 3.14. The first-order valence-corrected chi connectivity index (χ1v) is 8.80. The van der Waals surface area contributed by atoms with Gasteiger partial charge in [-0.1, -0.05) is 23.7 Å². The van der Waals surface area contributed by atoms with Crippen LogP contribution in [0.25, 0.3) is 0 Å². The van der Waals surface area contributed by atoms with Crippen LogP contribution in [0.15, 0.2) is 51.8 Å². The van der Waals surface area contributed by atoms with Crippen LogP contribution in [0.1, 0.15) is 28.9 Å². The fourth-order valence-electron chi connectivity index (χ4n) is 1.92. The summed E-state index contributed by atoms with van der Waals surface area (Å²) in [6, 6.07) is 13.3. The number of carbonyl (C=O) groups is 1. The van der Waals surface area contributed by atoms with E-state index in [4.69, 9.17) is 11.6 Å². The molecule has 5 heteroatoms. The normalized spacial score (nSPS) is 12.0. The average molecular weight is 385 g/mol. The molecular formula is C16H15BrClNOS. The first-order valence-electron chi connectivity index (χ1n) is 6.41. The Balaban J connectivity index is 2.10. The topological polar surface area (TPSA) is 29.1 Å². The Morgan fingerprint density at radius 2 is 1.90 bits per heavy atom. The van der Waals surface area contributed by atoms with Gasteiger partial charge in [0.2, 0.25) is 0 Å². The number of halogens is 2. The van der Waals surface area contributed by atoms with E-state index in [1.54, 1.807) is 30.0 Å². The van der Waals surface area contributed by atoms with Crippen LogP contribution in [0, 0.1) is 0 Å². The second-order valence-corrected chi connectivity index (χ2v) is 6.76. The van der Waals surface area contributed by atoms with E-state index in [9.17, 15) is 4.79 Å². The van der Waals surface area contributed by atoms with Crippen LogP contribution >= 0.6 is 39.3 Å². The molecule has 2 nitrogen and oxygen atoms in total. The predicted octanol–water partition coefficient (Wildman–Crippen LogP) is 5.32. The predicted molar refractivity (Wildman–Crippen MR) is 93.3 cm³/mol. The van der Waals surface area contributed by atoms with Gasteiger partial charge < -0.3 is 5.32 Å². The van der Waals surface area contributed by atoms with Crippen molar-refractivity contribution in [2.75, 3.05) is 6.26 Å². The summed E-state index contributed by atoms with van der Waals surface area (Å²) >= 11 is 11.0. The zero-order chi connectivity index (χ0) is 15.4. The third kappa shape index (κ3) is 4.25. The molecule has 21 heavy (non-hydrogen) atoms. The molecule has 0 aliphatic carbocycles. The minimum atomic E-state index is -0.125. The monoisotopic (exact) mass is 383 g/mol. The van der Waals surface area contributed by atoms with E-state index >= 15 is 0 Å². The molecule has 0 saturated carbocycles. The molecule has 0 bridgehead atoms. The summed E-state index contributed by atoms with van der Waals surface area (Å²) in [4.78, 5) is 13.5. The van der Waals surface area contributed by atoms with Gasteiger partial charge in [0.25, 0.3) is 5.91 Å². The molecule has 1 unspecified atom stereocenters. The minimum absolute atomic E-state index is 0.0593. The number of thioether (sulfide) groups is 1. The second-order valence-electron chi connectivity index (χ2n) is 4.59. The Labute approximate surface area is 142 Å². The fraction of sp³-hybridized carbons (Fsp3) is 0.188. The van der Waals surface area contributed by atoms with Crippen molar-refractivity contribution < 1.29 is 4.79 Å². The molecule has 2 aromatic rings. The zero-order valence-corrected chi connectivity index (χ0v) is 14.8. The van der Waals surface area contributed by atoms with Gasteiger partial charge in [0.15, 0.2) is 0 Å². The molecule has 0 aliphatic rings. The number of hydrogen-bond acceptors (Lipinski definition) is 2. The van der Waals surface area contributed by atoms with Crippen molar-refractivity contribution in [1.29, 1.82) is 0 Å². The molecule has 0 heterocycles. The van der Waals surface area contributed by atoms with Gasteiger partial charge in [-0.15, -0.1) is 11.8 Å². The van der Waals surface area contributed by atoms with Crippen LogP contribution in [0.3, 0.4) is 0 Å². The minimum Gasteiger partial charge on any atom is -0.345 e. The smallest absolute Gasteiger partial charge is 0.252 e. The zero-order valence-electron chi connectivity index (χ0n) is 11.7. The van der Waals surface area contributed by atoms with Crippen LogP contribution in [-0.4, -0.2) is 12.2 Å². The van der Waals surface area contributed by atoms with E-state index in [1.807, 2.05) is 25.3 Å². The number of rotatable bonds is 4. The van der Waals surface area contributed by atoms with Gasteiger partial charge in [-0.05, 0) is 65.0 Å². The molecular weight excluding hydrogens is 370 g/mol. The Morgan fingerprint density at radius 3 is 2.48 bits per heavy atom. The maximum atomic E-state index is 12.3. The fourth-order valence-corrected chi connectivity index (χ4v) is 3.19. The van der Waals surface area contributed by atoms with Crippen molar-refractivity contribution in [1.82, 2.24) is 5.32 Å². The molecule has 2 rings (SSSR count). The Morgan fingerprint density at radius 1 is 1.24 bits per heavy atom. The quantitative estimate of drug-likeness (QED) is 0.723. The highest BCUT2D eigenvalue weighted by molar-refractivity contribution is 9.10. The molecule has 0 radical (unpaired) electrons. The molecule has 2 aromatic carbocycles. The first kappa shape index (κ1) is 16.4. The number of carbonyl (C=O) groups excluding carboxylic acids is 1. The lowest BCUT2D eigenvalue weighted by molar-refractivity contribution is 0.0939. The van der Waals surface area contributed by atoms with Gasteiger partial charge in [-0.2, -0.15) is 0 Å². The highest BCUT2D eigenvalue weighted by Gasteiger charge is 2.14. The van der Waals surface area contributed by atoms with Crippen molar-refractivity contribution in [3.8, 4) is 0 Å². The highest BCUT2D eigenvalue weighted by atomic mass is 79.9. The lowest BCUT2D eigenvalue weighted by Crippen LogP contribution is -2.26. The standard InChI is InChI=1S/C16H15BrClNOS/c1-10(11-3-6-13(21-2)7-4-11)19-16(20)14-8-5-12(18)9-15(14)17/h3-10H,1-2H3,(H,19,20). The van der Waals surface area contributed by atoms with Gasteiger partial charge >= 0.3 is 0 Å². The lowest BCUT2D eigenvalue weighted by Gasteiger charge is -2.15. The summed E-state index contributed by atoms with van der Waals surface area (Å²) < 4.78 is 0.692. The van der Waals surface area contributed by atoms with Crippen molar-refractivity contribution >= 4 is 45.2 Å². The Kier molecular flexibility index (Phi) is 5.73. The lowest BCUT2D eigenvalue weighted by atomic mass is 10.1. The molecule has 0 spiro atoms. The number of benzene rings is 2. The maximum Gasteiger partial charge on any atom is 0.252 e. The van der Waals surface area contributed by atoms with Crippen LogP contribution in [-0.2, 0) is 0 Å². The molecule has 1 atom stereocenters. The van der Waals surface area contributed by atoms with E-state index in [-0.39, 0.29) is 11.9 Å². The molecule has 0 fully saturated rings. The largest absolute Gasteiger partial charge is 0.345 e. The summed E-state index contributed by atoms with van der Waals surface area (Å²) in [6.07, 6.45) is 2.04. The third-order valence-corrected chi connectivity index (χ3v) is 4.77. The van der Waals surface area contributed by atoms with Gasteiger partial charge in [-0.3, -0.25) is 4.79 Å². The number of nitrogens with one attached hydrogen (secondary N) is 1. The SMILES string of the molecule is CSc1ccc(C(C)NC(=O)c2ccc(Cl)cc2Br)cc1. The Bertz CT molecular complexity index is 645. The van der Waals surface area contributed by atoms with E-state index in [2.05, 4.69) is 33.4 Å². The molecule has 1 N–H and O–H groups in total. The number of hydrogen-bond donors (Lipinski definition) is 1. The van der Waals surface area contributed by atoms with Gasteiger partial charge in [-0.25, -0.2) is 0 Å². The van der Waals surface area contributed by atoms with Crippen molar-refractivity contribution in [2.45, 2.75) is 17.9 Å². The van der Waals surface area contributed by atoms with Crippen LogP contribution < -0.4 is 5.32 Å². The molecule has 110 valence electrons. The first-order chi connectivity index (χ1) is 10.0. The highest BCUT2D eigenvalue weighted by Crippen LogP contribution is 2.23. The van der Waals surface area contributed by atoms with Crippen molar-refractivity contribution in [3.63, 3.8) is 0 Å². The summed E-state index contributed by atoms with van der Waals surface area (Å²) in [6.45, 7) is 1.97. The van der Waals surface area contributed by atoms with Crippen molar-refractivity contribution in [2.24, 2.45) is 0 Å². The summed E-state index contributed by atoms with van der Waals surface area (Å²) in [7, 11) is 0. The number of amides is 1. The summed E-state index contributed by atoms with van der Waals surface area (Å²) in [5.41, 5.74) is 1.65. The van der Waals surface area contributed by atoms with Gasteiger partial charge in [0, 0.05) is 14.4 Å². The van der Waals surface area contributed by atoms with E-state index < -0.39 is 0 Å². The second kappa shape index (κ2) is 7.34. The van der Waals surface area contributed by atoms with Crippen LogP contribution in [0.5, 0.6) is 0 Å². The molecule has 1 amide bonds. The van der Waals surface area contributed by atoms with Gasteiger partial charge in [0.05, 0.1) is 11.6 Å². The van der Waals surface area contributed by atoms with Crippen LogP contribution in [0.4, 0.5) is 0 Å². The van der Waals surface area contributed by atoms with Crippen LogP contribution in [0.2, 0.25) is 5.02 Å². The molecule has 0 aromatic heterocycles. The van der Waals surface area contributed by atoms with Gasteiger partial charge in [0.1, 0.15) is 0 Å². The van der Waals surface area contributed by atoms with E-state index in [0.29, 0.717) is 15.1 Å². The summed E-state index contributed by atoms with van der Waals surface area (Å²) in [5.74, 6) is -0.125. The van der Waals surface area contributed by atoms with E-state index in [1.165, 1.54) is 4.90 Å². The molecule has 0 aliphatic heterocycles. The Hall–Kier alpha value is -0.970. The van der Waals surface area contributed by atoms with E-state index in [0.717, 1.165) is 5.56 Å². The maximum absolute atomic E-state index is 12.3. The average Bonchev–Trinajstić information content (AvgIpc) is 2.47. The van der Waals surface area contributed by atoms with Crippen molar-refractivity contribution in [3.05, 3.63) is 63.1 Å².